The first-order valence-corrected chi connectivity index (χ1v) is 8.83. The number of thiophene rings is 1. The second-order valence-electron chi connectivity index (χ2n) is 6.13. The first-order valence-electron chi connectivity index (χ1n) is 7.15. The minimum Gasteiger partial charge on any atom is -0.316 e. The van der Waals surface area contributed by atoms with Crippen LogP contribution in [-0.4, -0.2) is 13.1 Å². The fraction of sp³-hybridized carbons (Fsp3) is 0.733. The van der Waals surface area contributed by atoms with Crippen LogP contribution >= 0.6 is 27.3 Å². The first kappa shape index (κ1) is 13.1. The van der Waals surface area contributed by atoms with Gasteiger partial charge in [-0.1, -0.05) is 13.3 Å². The molecule has 3 unspecified atom stereocenters. The van der Waals surface area contributed by atoms with Gasteiger partial charge in [-0.05, 0) is 71.5 Å². The van der Waals surface area contributed by atoms with Crippen molar-refractivity contribution in [1.29, 1.82) is 0 Å². The topological polar surface area (TPSA) is 12.0 Å². The zero-order valence-electron chi connectivity index (χ0n) is 11.0. The molecule has 2 fully saturated rings. The van der Waals surface area contributed by atoms with Crippen LogP contribution < -0.4 is 5.32 Å². The Balaban J connectivity index is 1.77. The third-order valence-corrected chi connectivity index (χ3v) is 6.68. The highest BCUT2D eigenvalue weighted by Gasteiger charge is 2.50. The second kappa shape index (κ2) is 5.26. The number of hydrogen-bond donors (Lipinski definition) is 1. The summed E-state index contributed by atoms with van der Waals surface area (Å²) in [5, 5.41) is 5.86. The summed E-state index contributed by atoms with van der Waals surface area (Å²) in [7, 11) is 0. The van der Waals surface area contributed by atoms with Crippen LogP contribution in [0.25, 0.3) is 0 Å². The molecule has 2 bridgehead atoms. The van der Waals surface area contributed by atoms with E-state index in [0.717, 1.165) is 18.4 Å². The molecular weight excluding hydrogens is 306 g/mol. The predicted octanol–water partition coefficient (Wildman–Crippen LogP) is 4.47. The minimum absolute atomic E-state index is 0.559. The Bertz CT molecular complexity index is 416. The van der Waals surface area contributed by atoms with E-state index in [4.69, 9.17) is 0 Å². The van der Waals surface area contributed by atoms with Crippen molar-refractivity contribution in [2.24, 2.45) is 17.3 Å². The van der Waals surface area contributed by atoms with Crippen LogP contribution in [0.3, 0.4) is 0 Å². The van der Waals surface area contributed by atoms with Gasteiger partial charge in [0.15, 0.2) is 0 Å². The lowest BCUT2D eigenvalue weighted by molar-refractivity contribution is 0.158. The Morgan fingerprint density at radius 2 is 2.39 bits per heavy atom. The van der Waals surface area contributed by atoms with E-state index >= 15 is 0 Å². The smallest absolute Gasteiger partial charge is 0.0285 e. The molecule has 1 N–H and O–H groups in total. The van der Waals surface area contributed by atoms with E-state index in [2.05, 4.69) is 39.6 Å². The summed E-state index contributed by atoms with van der Waals surface area (Å²) < 4.78 is 1.25. The van der Waals surface area contributed by atoms with E-state index in [-0.39, 0.29) is 0 Å². The SMILES string of the molecule is CCNCC1(Cc2cc(Br)cs2)CC2CCC1C2. The largest absolute Gasteiger partial charge is 0.316 e. The molecule has 1 aromatic rings. The molecule has 3 rings (SSSR count). The average molecular weight is 328 g/mol. The lowest BCUT2D eigenvalue weighted by Crippen LogP contribution is -2.40. The third-order valence-electron chi connectivity index (χ3n) is 4.98. The maximum atomic E-state index is 3.64. The van der Waals surface area contributed by atoms with Crippen LogP contribution in [0, 0.1) is 17.3 Å². The molecule has 0 saturated heterocycles. The van der Waals surface area contributed by atoms with E-state index in [9.17, 15) is 0 Å². The predicted molar refractivity (Wildman–Crippen MR) is 82.1 cm³/mol. The molecule has 3 heteroatoms. The summed E-state index contributed by atoms with van der Waals surface area (Å²) in [5.41, 5.74) is 0.559. The van der Waals surface area contributed by atoms with Crippen molar-refractivity contribution in [3.05, 3.63) is 20.8 Å². The fourth-order valence-electron chi connectivity index (χ4n) is 4.22. The maximum absolute atomic E-state index is 3.64. The summed E-state index contributed by atoms with van der Waals surface area (Å²) in [6.45, 7) is 4.55. The summed E-state index contributed by atoms with van der Waals surface area (Å²) in [6.07, 6.45) is 7.21. The molecule has 0 aliphatic heterocycles. The Hall–Kier alpha value is 0.140. The van der Waals surface area contributed by atoms with Crippen LogP contribution in [-0.2, 0) is 6.42 Å². The van der Waals surface area contributed by atoms with E-state index in [1.165, 1.54) is 43.1 Å². The molecule has 2 aliphatic rings. The number of hydrogen-bond acceptors (Lipinski definition) is 2. The van der Waals surface area contributed by atoms with Crippen LogP contribution in [0.4, 0.5) is 0 Å². The lowest BCUT2D eigenvalue weighted by Gasteiger charge is -2.38. The Labute approximate surface area is 122 Å². The molecule has 1 aromatic heterocycles. The molecule has 2 aliphatic carbocycles. The zero-order chi connectivity index (χ0) is 12.6. The Morgan fingerprint density at radius 3 is 2.94 bits per heavy atom. The van der Waals surface area contributed by atoms with Gasteiger partial charge in [0.05, 0.1) is 0 Å². The first-order chi connectivity index (χ1) is 8.72. The van der Waals surface area contributed by atoms with Crippen molar-refractivity contribution in [3.63, 3.8) is 0 Å². The van der Waals surface area contributed by atoms with Crippen LogP contribution in [0.2, 0.25) is 0 Å². The van der Waals surface area contributed by atoms with Crippen molar-refractivity contribution in [2.45, 2.75) is 39.0 Å². The van der Waals surface area contributed by atoms with Gasteiger partial charge in [0.2, 0.25) is 0 Å². The van der Waals surface area contributed by atoms with Crippen LogP contribution in [0.1, 0.15) is 37.5 Å². The van der Waals surface area contributed by atoms with Crippen molar-refractivity contribution < 1.29 is 0 Å². The van der Waals surface area contributed by atoms with Crippen molar-refractivity contribution in [1.82, 2.24) is 5.32 Å². The third kappa shape index (κ3) is 2.41. The standard InChI is InChI=1S/C15H22BrNS/c1-2-17-10-15(7-11-3-4-12(15)5-11)8-14-6-13(16)9-18-14/h6,9,11-12,17H,2-5,7-8,10H2,1H3. The van der Waals surface area contributed by atoms with E-state index < -0.39 is 0 Å². The summed E-state index contributed by atoms with van der Waals surface area (Å²) in [4.78, 5) is 1.56. The molecule has 1 nitrogen and oxygen atoms in total. The number of nitrogens with one attached hydrogen (secondary N) is 1. The lowest BCUT2D eigenvalue weighted by atomic mass is 9.70. The van der Waals surface area contributed by atoms with Crippen molar-refractivity contribution >= 4 is 27.3 Å². The summed E-state index contributed by atoms with van der Waals surface area (Å²) in [6, 6.07) is 2.32. The van der Waals surface area contributed by atoms with E-state index in [1.54, 1.807) is 4.88 Å². The van der Waals surface area contributed by atoms with Gasteiger partial charge < -0.3 is 5.32 Å². The van der Waals surface area contributed by atoms with Gasteiger partial charge in [0, 0.05) is 21.3 Å². The highest BCUT2D eigenvalue weighted by atomic mass is 79.9. The average Bonchev–Trinajstić information content (AvgIpc) is 3.03. The molecule has 0 spiro atoms. The second-order valence-corrected chi connectivity index (χ2v) is 8.04. The molecule has 0 amide bonds. The van der Waals surface area contributed by atoms with Gasteiger partial charge in [0.1, 0.15) is 0 Å². The Morgan fingerprint density at radius 1 is 1.50 bits per heavy atom. The molecule has 100 valence electrons. The van der Waals surface area contributed by atoms with Crippen LogP contribution in [0.15, 0.2) is 15.9 Å². The van der Waals surface area contributed by atoms with Crippen LogP contribution in [0.5, 0.6) is 0 Å². The van der Waals surface area contributed by atoms with Gasteiger partial charge in [-0.3, -0.25) is 0 Å². The molecule has 0 radical (unpaired) electrons. The number of fused-ring (bicyclic) bond motifs is 2. The monoisotopic (exact) mass is 327 g/mol. The van der Waals surface area contributed by atoms with E-state index in [0.29, 0.717) is 5.41 Å². The summed E-state index contributed by atoms with van der Waals surface area (Å²) in [5.74, 6) is 2.00. The zero-order valence-corrected chi connectivity index (χ0v) is 13.4. The number of halogens is 1. The van der Waals surface area contributed by atoms with Gasteiger partial charge in [0.25, 0.3) is 0 Å². The van der Waals surface area contributed by atoms with Crippen molar-refractivity contribution in [2.75, 3.05) is 13.1 Å². The quantitative estimate of drug-likeness (QED) is 0.841. The normalized spacial score (nSPS) is 34.3. The molecule has 3 atom stereocenters. The summed E-state index contributed by atoms with van der Waals surface area (Å²) >= 11 is 5.51. The van der Waals surface area contributed by atoms with Gasteiger partial charge in [-0.25, -0.2) is 0 Å². The number of rotatable bonds is 5. The van der Waals surface area contributed by atoms with E-state index in [1.807, 2.05) is 11.3 Å². The minimum atomic E-state index is 0.559. The van der Waals surface area contributed by atoms with Gasteiger partial charge >= 0.3 is 0 Å². The van der Waals surface area contributed by atoms with Crippen molar-refractivity contribution in [3.8, 4) is 0 Å². The molecule has 2 saturated carbocycles. The van der Waals surface area contributed by atoms with Gasteiger partial charge in [-0.2, -0.15) is 0 Å². The molecule has 0 aromatic carbocycles. The highest BCUT2D eigenvalue weighted by molar-refractivity contribution is 9.10. The molecule has 1 heterocycles. The maximum Gasteiger partial charge on any atom is 0.0285 e. The highest BCUT2D eigenvalue weighted by Crippen LogP contribution is 2.57. The molecule has 18 heavy (non-hydrogen) atoms. The fourth-order valence-corrected chi connectivity index (χ4v) is 5.83. The van der Waals surface area contributed by atoms with Gasteiger partial charge in [-0.15, -0.1) is 11.3 Å². The Kier molecular flexibility index (Phi) is 3.84. The molecular formula is C15H22BrNS.